The molecule has 0 saturated heterocycles. The Labute approximate surface area is 201 Å². The molecule has 0 saturated carbocycles. The van der Waals surface area contributed by atoms with Crippen LogP contribution in [0.5, 0.6) is 11.5 Å². The van der Waals surface area contributed by atoms with Crippen LogP contribution in [0.1, 0.15) is 37.5 Å². The zero-order valence-corrected chi connectivity index (χ0v) is 20.4. The molecule has 0 amide bonds. The first-order valence-electron chi connectivity index (χ1n) is 11.1. The van der Waals surface area contributed by atoms with Gasteiger partial charge in [-0.1, -0.05) is 48.0 Å². The predicted molar refractivity (Wildman–Crippen MR) is 139 cm³/mol. The van der Waals surface area contributed by atoms with E-state index in [1.807, 2.05) is 42.5 Å². The number of allylic oxidation sites excluding steroid dienone is 2. The third kappa shape index (κ3) is 4.79. The van der Waals surface area contributed by atoms with E-state index in [1.165, 1.54) is 5.57 Å². The molecule has 0 spiro atoms. The minimum atomic E-state index is -0.124. The smallest absolute Gasteiger partial charge is 0.126 e. The Morgan fingerprint density at radius 1 is 1.03 bits per heavy atom. The quantitative estimate of drug-likeness (QED) is 0.364. The molecule has 1 heterocycles. The molecular formula is C29H30ClNO2. The number of hydrogen-bond donors (Lipinski definition) is 1. The Bertz CT molecular complexity index is 1230. The number of para-hydroxylation sites is 1. The molecule has 1 aliphatic heterocycles. The van der Waals surface area contributed by atoms with Crippen LogP contribution < -0.4 is 14.8 Å². The summed E-state index contributed by atoms with van der Waals surface area (Å²) >= 11 is 6.39. The normalized spacial score (nSPS) is 14.0. The highest BCUT2D eigenvalue weighted by Gasteiger charge is 2.27. The van der Waals surface area contributed by atoms with Crippen molar-refractivity contribution in [3.63, 3.8) is 0 Å². The van der Waals surface area contributed by atoms with Crippen molar-refractivity contribution in [2.75, 3.05) is 12.4 Å². The molecule has 0 radical (unpaired) electrons. The average molecular weight is 460 g/mol. The maximum Gasteiger partial charge on any atom is 0.126 e. The van der Waals surface area contributed by atoms with E-state index in [-0.39, 0.29) is 5.54 Å². The molecule has 0 fully saturated rings. The Kier molecular flexibility index (Phi) is 6.53. The zero-order chi connectivity index (χ0) is 23.6. The number of ether oxygens (including phenoxy) is 2. The molecule has 0 aromatic heterocycles. The first-order chi connectivity index (χ1) is 15.8. The van der Waals surface area contributed by atoms with Crippen LogP contribution in [0.3, 0.4) is 0 Å². The SMILES string of the molecule is C=CCc1ccccc1OCc1c(-c2cc(Cl)ccc2OC)ccc2c1C(C)=CC(C)(C)N2. The van der Waals surface area contributed by atoms with Crippen molar-refractivity contribution < 1.29 is 9.47 Å². The van der Waals surface area contributed by atoms with Crippen molar-refractivity contribution in [3.8, 4) is 22.6 Å². The van der Waals surface area contributed by atoms with Gasteiger partial charge in [-0.2, -0.15) is 0 Å². The van der Waals surface area contributed by atoms with Crippen LogP contribution in [-0.4, -0.2) is 12.6 Å². The van der Waals surface area contributed by atoms with Crippen molar-refractivity contribution in [2.24, 2.45) is 0 Å². The molecule has 0 aliphatic carbocycles. The molecule has 0 atom stereocenters. The highest BCUT2D eigenvalue weighted by atomic mass is 35.5. The average Bonchev–Trinajstić information content (AvgIpc) is 2.77. The topological polar surface area (TPSA) is 30.5 Å². The lowest BCUT2D eigenvalue weighted by molar-refractivity contribution is 0.303. The minimum absolute atomic E-state index is 0.124. The van der Waals surface area contributed by atoms with E-state index >= 15 is 0 Å². The van der Waals surface area contributed by atoms with Gasteiger partial charge >= 0.3 is 0 Å². The van der Waals surface area contributed by atoms with E-state index in [2.05, 4.69) is 56.9 Å². The largest absolute Gasteiger partial charge is 0.496 e. The van der Waals surface area contributed by atoms with Gasteiger partial charge in [0.25, 0.3) is 0 Å². The van der Waals surface area contributed by atoms with Gasteiger partial charge in [-0.25, -0.2) is 0 Å². The van der Waals surface area contributed by atoms with E-state index in [9.17, 15) is 0 Å². The number of benzene rings is 3. The van der Waals surface area contributed by atoms with Crippen molar-refractivity contribution >= 4 is 22.9 Å². The lowest BCUT2D eigenvalue weighted by Crippen LogP contribution is -2.32. The lowest BCUT2D eigenvalue weighted by atomic mass is 9.85. The molecule has 1 aliphatic rings. The summed E-state index contributed by atoms with van der Waals surface area (Å²) in [6.45, 7) is 10.8. The number of anilines is 1. The Morgan fingerprint density at radius 3 is 2.58 bits per heavy atom. The molecule has 170 valence electrons. The predicted octanol–water partition coefficient (Wildman–Crippen LogP) is 7.93. The van der Waals surface area contributed by atoms with Crippen LogP contribution >= 0.6 is 11.6 Å². The fourth-order valence-corrected chi connectivity index (χ4v) is 4.78. The van der Waals surface area contributed by atoms with Crippen LogP contribution in [0.2, 0.25) is 5.02 Å². The standard InChI is InChI=1S/C29H30ClNO2/c1-6-9-20-10-7-8-11-26(20)33-18-24-22(23-16-21(30)12-15-27(23)32-5)13-14-25-28(24)19(2)17-29(3,4)31-25/h6-8,10-17,31H,1,9,18H2,2-5H3. The Balaban J connectivity index is 1.87. The number of hydrogen-bond acceptors (Lipinski definition) is 3. The molecule has 4 rings (SSSR count). The van der Waals surface area contributed by atoms with Gasteiger partial charge in [0, 0.05) is 27.4 Å². The van der Waals surface area contributed by atoms with E-state index in [0.717, 1.165) is 51.4 Å². The van der Waals surface area contributed by atoms with Crippen molar-refractivity contribution in [1.82, 2.24) is 0 Å². The summed E-state index contributed by atoms with van der Waals surface area (Å²) in [4.78, 5) is 0. The summed E-state index contributed by atoms with van der Waals surface area (Å²) in [5, 5.41) is 4.32. The van der Waals surface area contributed by atoms with Crippen LogP contribution in [0, 0.1) is 0 Å². The Morgan fingerprint density at radius 2 is 1.82 bits per heavy atom. The van der Waals surface area contributed by atoms with Gasteiger partial charge in [-0.05, 0) is 74.2 Å². The van der Waals surface area contributed by atoms with Crippen LogP contribution in [-0.2, 0) is 13.0 Å². The third-order valence-corrected chi connectivity index (χ3v) is 6.14. The fraction of sp³-hybridized carbons (Fsp3) is 0.241. The summed E-state index contributed by atoms with van der Waals surface area (Å²) in [6.07, 6.45) is 4.92. The molecule has 3 nitrogen and oxygen atoms in total. The zero-order valence-electron chi connectivity index (χ0n) is 19.7. The van der Waals surface area contributed by atoms with E-state index in [1.54, 1.807) is 7.11 Å². The number of nitrogens with one attached hydrogen (secondary N) is 1. The maximum atomic E-state index is 6.43. The van der Waals surface area contributed by atoms with Crippen LogP contribution in [0.4, 0.5) is 5.69 Å². The van der Waals surface area contributed by atoms with Gasteiger partial charge in [0.15, 0.2) is 0 Å². The third-order valence-electron chi connectivity index (χ3n) is 5.90. The molecule has 3 aromatic carbocycles. The van der Waals surface area contributed by atoms with Crippen LogP contribution in [0.15, 0.2) is 73.3 Å². The fourth-order valence-electron chi connectivity index (χ4n) is 4.61. The van der Waals surface area contributed by atoms with Crippen molar-refractivity contribution in [3.05, 3.63) is 95.0 Å². The molecule has 1 N–H and O–H groups in total. The second-order valence-electron chi connectivity index (χ2n) is 8.92. The molecule has 33 heavy (non-hydrogen) atoms. The summed E-state index contributed by atoms with van der Waals surface area (Å²) in [7, 11) is 1.68. The van der Waals surface area contributed by atoms with E-state index < -0.39 is 0 Å². The number of fused-ring (bicyclic) bond motifs is 1. The molecule has 4 heteroatoms. The van der Waals surface area contributed by atoms with Gasteiger partial charge in [0.1, 0.15) is 18.1 Å². The van der Waals surface area contributed by atoms with E-state index in [0.29, 0.717) is 11.6 Å². The van der Waals surface area contributed by atoms with Crippen molar-refractivity contribution in [1.29, 1.82) is 0 Å². The van der Waals surface area contributed by atoms with Gasteiger partial charge in [0.2, 0.25) is 0 Å². The number of rotatable bonds is 7. The van der Waals surface area contributed by atoms with Gasteiger partial charge in [-0.3, -0.25) is 0 Å². The monoisotopic (exact) mass is 459 g/mol. The lowest BCUT2D eigenvalue weighted by Gasteiger charge is -2.33. The van der Waals surface area contributed by atoms with Crippen LogP contribution in [0.25, 0.3) is 16.7 Å². The molecule has 3 aromatic rings. The second-order valence-corrected chi connectivity index (χ2v) is 9.36. The Hall–Kier alpha value is -3.17. The molecule has 0 unspecified atom stereocenters. The molecular weight excluding hydrogens is 430 g/mol. The highest BCUT2D eigenvalue weighted by molar-refractivity contribution is 6.31. The molecule has 0 bridgehead atoms. The van der Waals surface area contributed by atoms with Gasteiger partial charge in [-0.15, -0.1) is 6.58 Å². The first-order valence-corrected chi connectivity index (χ1v) is 11.5. The van der Waals surface area contributed by atoms with Gasteiger partial charge in [0.05, 0.1) is 12.6 Å². The summed E-state index contributed by atoms with van der Waals surface area (Å²) in [6, 6.07) is 18.1. The summed E-state index contributed by atoms with van der Waals surface area (Å²) in [5.41, 5.74) is 7.56. The van der Waals surface area contributed by atoms with E-state index in [4.69, 9.17) is 21.1 Å². The minimum Gasteiger partial charge on any atom is -0.496 e. The number of halogens is 1. The van der Waals surface area contributed by atoms with Gasteiger partial charge < -0.3 is 14.8 Å². The number of methoxy groups -OCH3 is 1. The second kappa shape index (κ2) is 9.36. The maximum absolute atomic E-state index is 6.43. The summed E-state index contributed by atoms with van der Waals surface area (Å²) < 4.78 is 12.1. The van der Waals surface area contributed by atoms with Crippen molar-refractivity contribution in [2.45, 2.75) is 39.3 Å². The highest BCUT2D eigenvalue weighted by Crippen LogP contribution is 2.43. The summed E-state index contributed by atoms with van der Waals surface area (Å²) in [5.74, 6) is 1.64. The first kappa shape index (κ1) is 23.0.